The number of nitrogens with zero attached hydrogens (tertiary/aromatic N) is 3. The van der Waals surface area contributed by atoms with Gasteiger partial charge in [0, 0.05) is 32.2 Å². The van der Waals surface area contributed by atoms with Crippen LogP contribution in [0.5, 0.6) is 0 Å². The van der Waals surface area contributed by atoms with Crippen molar-refractivity contribution in [3.63, 3.8) is 0 Å². The molecule has 0 aromatic rings. The van der Waals surface area contributed by atoms with Gasteiger partial charge in [0.15, 0.2) is 5.84 Å². The maximum atomic E-state index is 8.97. The minimum absolute atomic E-state index is 0.105. The number of oxime groups is 1. The molecule has 1 unspecified atom stereocenters. The van der Waals surface area contributed by atoms with Gasteiger partial charge in [0.05, 0.1) is 6.04 Å². The van der Waals surface area contributed by atoms with Gasteiger partial charge >= 0.3 is 0 Å². The van der Waals surface area contributed by atoms with E-state index in [9.17, 15) is 0 Å². The SMILES string of the molecule is CCCC(C(N)=NO)N1CCN(C2CCC(C)CC2)CC1. The maximum Gasteiger partial charge on any atom is 0.156 e. The van der Waals surface area contributed by atoms with Gasteiger partial charge in [-0.1, -0.05) is 25.4 Å². The molecule has 2 fully saturated rings. The molecule has 1 atom stereocenters. The van der Waals surface area contributed by atoms with E-state index in [-0.39, 0.29) is 6.04 Å². The van der Waals surface area contributed by atoms with Crippen LogP contribution >= 0.6 is 0 Å². The molecule has 0 aromatic heterocycles. The summed E-state index contributed by atoms with van der Waals surface area (Å²) in [6.07, 6.45) is 7.51. The standard InChI is InChI=1S/C16H32N4O/c1-3-4-15(16(17)18-21)20-11-9-19(10-12-20)14-7-5-13(2)6-8-14/h13-15,21H,3-12H2,1-2H3,(H2,17,18). The Morgan fingerprint density at radius 1 is 1.19 bits per heavy atom. The van der Waals surface area contributed by atoms with E-state index in [0.717, 1.165) is 51.0 Å². The van der Waals surface area contributed by atoms with Crippen LogP contribution in [-0.4, -0.2) is 59.1 Å². The molecule has 0 aromatic carbocycles. The Morgan fingerprint density at radius 3 is 2.33 bits per heavy atom. The van der Waals surface area contributed by atoms with Crippen LogP contribution in [-0.2, 0) is 0 Å². The number of hydrogen-bond acceptors (Lipinski definition) is 4. The second-order valence-electron chi connectivity index (χ2n) is 6.81. The van der Waals surface area contributed by atoms with Gasteiger partial charge in [-0.15, -0.1) is 0 Å². The third-order valence-electron chi connectivity index (χ3n) is 5.31. The average molecular weight is 296 g/mol. The lowest BCUT2D eigenvalue weighted by Gasteiger charge is -2.43. The van der Waals surface area contributed by atoms with E-state index in [4.69, 9.17) is 10.9 Å². The molecule has 1 saturated carbocycles. The van der Waals surface area contributed by atoms with Gasteiger partial charge in [0.25, 0.3) is 0 Å². The summed E-state index contributed by atoms with van der Waals surface area (Å²) in [7, 11) is 0. The number of amidine groups is 1. The molecule has 0 radical (unpaired) electrons. The van der Waals surface area contributed by atoms with Crippen LogP contribution in [0.25, 0.3) is 0 Å². The molecule has 2 aliphatic rings. The second-order valence-corrected chi connectivity index (χ2v) is 6.81. The summed E-state index contributed by atoms with van der Waals surface area (Å²) in [6, 6.07) is 0.894. The van der Waals surface area contributed by atoms with Crippen molar-refractivity contribution in [3.05, 3.63) is 0 Å². The molecule has 122 valence electrons. The van der Waals surface area contributed by atoms with Crippen molar-refractivity contribution in [2.24, 2.45) is 16.8 Å². The fourth-order valence-corrected chi connectivity index (χ4v) is 3.88. The number of hydrogen-bond donors (Lipinski definition) is 2. The van der Waals surface area contributed by atoms with Gasteiger partial charge in [-0.3, -0.25) is 9.80 Å². The molecular formula is C16H32N4O. The Hall–Kier alpha value is -0.810. The highest BCUT2D eigenvalue weighted by Crippen LogP contribution is 2.28. The normalized spacial score (nSPS) is 31.2. The zero-order chi connectivity index (χ0) is 15.2. The Kier molecular flexibility index (Phi) is 6.30. The lowest BCUT2D eigenvalue weighted by Crippen LogP contribution is -2.56. The summed E-state index contributed by atoms with van der Waals surface area (Å²) in [6.45, 7) is 8.84. The first-order valence-corrected chi connectivity index (χ1v) is 8.61. The fraction of sp³-hybridized carbons (Fsp3) is 0.938. The highest BCUT2D eigenvalue weighted by atomic mass is 16.4. The van der Waals surface area contributed by atoms with Crippen molar-refractivity contribution in [3.8, 4) is 0 Å². The van der Waals surface area contributed by atoms with E-state index in [2.05, 4.69) is 28.8 Å². The van der Waals surface area contributed by atoms with Crippen molar-refractivity contribution in [2.45, 2.75) is 64.5 Å². The van der Waals surface area contributed by atoms with Gasteiger partial charge < -0.3 is 10.9 Å². The predicted octanol–water partition coefficient (Wildman–Crippen LogP) is 2.10. The lowest BCUT2D eigenvalue weighted by atomic mass is 9.86. The first-order valence-electron chi connectivity index (χ1n) is 8.61. The van der Waals surface area contributed by atoms with Crippen LogP contribution in [0.15, 0.2) is 5.16 Å². The number of rotatable bonds is 5. The van der Waals surface area contributed by atoms with Crippen molar-refractivity contribution in [1.29, 1.82) is 0 Å². The highest BCUT2D eigenvalue weighted by Gasteiger charge is 2.30. The second kappa shape index (κ2) is 7.99. The smallest absolute Gasteiger partial charge is 0.156 e. The minimum atomic E-state index is 0.105. The van der Waals surface area contributed by atoms with E-state index in [1.165, 1.54) is 25.7 Å². The van der Waals surface area contributed by atoms with E-state index in [0.29, 0.717) is 5.84 Å². The van der Waals surface area contributed by atoms with Crippen molar-refractivity contribution in [1.82, 2.24) is 9.80 Å². The summed E-state index contributed by atoms with van der Waals surface area (Å²) in [5.74, 6) is 1.29. The molecule has 5 nitrogen and oxygen atoms in total. The summed E-state index contributed by atoms with van der Waals surface area (Å²) >= 11 is 0. The summed E-state index contributed by atoms with van der Waals surface area (Å²) in [4.78, 5) is 5.05. The monoisotopic (exact) mass is 296 g/mol. The average Bonchev–Trinajstić information content (AvgIpc) is 2.53. The quantitative estimate of drug-likeness (QED) is 0.353. The molecule has 1 aliphatic heterocycles. The van der Waals surface area contributed by atoms with E-state index in [1.54, 1.807) is 0 Å². The largest absolute Gasteiger partial charge is 0.409 e. The molecule has 0 amide bonds. The first-order chi connectivity index (χ1) is 10.2. The van der Waals surface area contributed by atoms with Crippen molar-refractivity contribution in [2.75, 3.05) is 26.2 Å². The number of piperazine rings is 1. The van der Waals surface area contributed by atoms with E-state index < -0.39 is 0 Å². The van der Waals surface area contributed by atoms with E-state index >= 15 is 0 Å². The minimum Gasteiger partial charge on any atom is -0.409 e. The summed E-state index contributed by atoms with van der Waals surface area (Å²) < 4.78 is 0. The Morgan fingerprint density at radius 2 is 1.81 bits per heavy atom. The van der Waals surface area contributed by atoms with Crippen LogP contribution in [0.4, 0.5) is 0 Å². The third-order valence-corrected chi connectivity index (χ3v) is 5.31. The highest BCUT2D eigenvalue weighted by molar-refractivity contribution is 5.85. The lowest BCUT2D eigenvalue weighted by molar-refractivity contribution is 0.0615. The fourth-order valence-electron chi connectivity index (χ4n) is 3.88. The van der Waals surface area contributed by atoms with Gasteiger partial charge in [0.2, 0.25) is 0 Å². The molecule has 0 bridgehead atoms. The summed E-state index contributed by atoms with van der Waals surface area (Å²) in [5, 5.41) is 12.2. The molecule has 1 saturated heterocycles. The molecule has 2 rings (SSSR count). The number of nitrogens with two attached hydrogens (primary N) is 1. The van der Waals surface area contributed by atoms with E-state index in [1.807, 2.05) is 0 Å². The van der Waals surface area contributed by atoms with Gasteiger partial charge in [0.1, 0.15) is 0 Å². The van der Waals surface area contributed by atoms with Crippen LogP contribution in [0.3, 0.4) is 0 Å². The first kappa shape index (κ1) is 16.6. The molecule has 1 heterocycles. The molecular weight excluding hydrogens is 264 g/mol. The maximum absolute atomic E-state index is 8.97. The molecule has 1 aliphatic carbocycles. The zero-order valence-electron chi connectivity index (χ0n) is 13.7. The van der Waals surface area contributed by atoms with Gasteiger partial charge in [-0.2, -0.15) is 0 Å². The van der Waals surface area contributed by atoms with Crippen LogP contribution in [0.2, 0.25) is 0 Å². The van der Waals surface area contributed by atoms with Gasteiger partial charge in [-0.25, -0.2) is 0 Å². The zero-order valence-corrected chi connectivity index (χ0v) is 13.7. The molecule has 0 spiro atoms. The van der Waals surface area contributed by atoms with Crippen LogP contribution in [0, 0.1) is 5.92 Å². The third kappa shape index (κ3) is 4.33. The Balaban J connectivity index is 1.84. The summed E-state index contributed by atoms with van der Waals surface area (Å²) in [5.41, 5.74) is 5.87. The van der Waals surface area contributed by atoms with Crippen LogP contribution in [0.1, 0.15) is 52.4 Å². The molecule has 3 N–H and O–H groups in total. The van der Waals surface area contributed by atoms with Crippen LogP contribution < -0.4 is 5.73 Å². The molecule has 21 heavy (non-hydrogen) atoms. The Bertz CT molecular complexity index is 331. The Labute approximate surface area is 129 Å². The topological polar surface area (TPSA) is 65.1 Å². The van der Waals surface area contributed by atoms with Crippen molar-refractivity contribution < 1.29 is 5.21 Å². The molecule has 5 heteroatoms. The van der Waals surface area contributed by atoms with Gasteiger partial charge in [-0.05, 0) is 38.0 Å². The predicted molar refractivity (Wildman–Crippen MR) is 86.7 cm³/mol. The van der Waals surface area contributed by atoms with Crippen molar-refractivity contribution >= 4 is 5.84 Å².